The molecule has 3 N–H and O–H groups in total. The van der Waals surface area contributed by atoms with Crippen LogP contribution in [0, 0.1) is 0 Å². The molecule has 6 heteroatoms. The summed E-state index contributed by atoms with van der Waals surface area (Å²) in [5.41, 5.74) is 5.84. The Morgan fingerprint density at radius 1 is 1.71 bits per heavy atom. The molecule has 0 radical (unpaired) electrons. The average Bonchev–Trinajstić information content (AvgIpc) is 2.80. The van der Waals surface area contributed by atoms with E-state index in [9.17, 15) is 9.90 Å². The summed E-state index contributed by atoms with van der Waals surface area (Å²) >= 11 is 1.45. The fraction of sp³-hybridized carbons (Fsp3) is 0.545. The SMILES string of the molecule is COCC(O)CN(C)C(=O)C(N)c1cccs1. The van der Waals surface area contributed by atoms with Gasteiger partial charge in [-0.3, -0.25) is 4.79 Å². The first kappa shape index (κ1) is 14.1. The summed E-state index contributed by atoms with van der Waals surface area (Å²) < 4.78 is 4.80. The van der Waals surface area contributed by atoms with E-state index in [4.69, 9.17) is 10.5 Å². The lowest BCUT2D eigenvalue weighted by molar-refractivity contribution is -0.133. The number of likely N-dealkylation sites (N-methyl/N-ethyl adjacent to an activating group) is 1. The summed E-state index contributed by atoms with van der Waals surface area (Å²) in [4.78, 5) is 14.2. The molecule has 0 saturated carbocycles. The van der Waals surface area contributed by atoms with E-state index in [2.05, 4.69) is 0 Å². The maximum atomic E-state index is 11.9. The summed E-state index contributed by atoms with van der Waals surface area (Å²) in [6.45, 7) is 0.414. The predicted octanol–water partition coefficient (Wildman–Crippen LogP) is 0.214. The summed E-state index contributed by atoms with van der Waals surface area (Å²) in [7, 11) is 3.12. The van der Waals surface area contributed by atoms with Gasteiger partial charge in [0.2, 0.25) is 5.91 Å². The van der Waals surface area contributed by atoms with Crippen molar-refractivity contribution in [3.63, 3.8) is 0 Å². The first-order valence-electron chi connectivity index (χ1n) is 5.27. The van der Waals surface area contributed by atoms with Gasteiger partial charge in [0.25, 0.3) is 0 Å². The Kier molecular flexibility index (Phi) is 5.57. The fourth-order valence-corrected chi connectivity index (χ4v) is 2.20. The number of hydrogen-bond acceptors (Lipinski definition) is 5. The number of carbonyl (C=O) groups excluding carboxylic acids is 1. The van der Waals surface area contributed by atoms with Crippen LogP contribution in [-0.2, 0) is 9.53 Å². The minimum absolute atomic E-state index is 0.200. The lowest BCUT2D eigenvalue weighted by Crippen LogP contribution is -2.40. The Labute approximate surface area is 105 Å². The lowest BCUT2D eigenvalue weighted by atomic mass is 10.2. The third-order valence-corrected chi connectivity index (χ3v) is 3.29. The van der Waals surface area contributed by atoms with E-state index >= 15 is 0 Å². The van der Waals surface area contributed by atoms with Crippen molar-refractivity contribution in [3.05, 3.63) is 22.4 Å². The van der Waals surface area contributed by atoms with E-state index in [-0.39, 0.29) is 19.1 Å². The van der Waals surface area contributed by atoms with Crippen LogP contribution in [0.15, 0.2) is 17.5 Å². The van der Waals surface area contributed by atoms with Gasteiger partial charge in [0.05, 0.1) is 12.7 Å². The van der Waals surface area contributed by atoms with Crippen LogP contribution in [0.2, 0.25) is 0 Å². The molecule has 2 unspecified atom stereocenters. The maximum Gasteiger partial charge on any atom is 0.244 e. The number of thiophene rings is 1. The Hall–Kier alpha value is -0.950. The van der Waals surface area contributed by atoms with Crippen LogP contribution < -0.4 is 5.73 Å². The van der Waals surface area contributed by atoms with Crippen molar-refractivity contribution in [1.29, 1.82) is 0 Å². The molecule has 0 aliphatic rings. The highest BCUT2D eigenvalue weighted by Gasteiger charge is 2.22. The van der Waals surface area contributed by atoms with Gasteiger partial charge in [-0.15, -0.1) is 11.3 Å². The standard InChI is InChI=1S/C11H18N2O3S/c1-13(6-8(14)7-16-2)11(15)10(12)9-4-3-5-17-9/h3-5,8,10,14H,6-7,12H2,1-2H3. The van der Waals surface area contributed by atoms with E-state index in [0.29, 0.717) is 0 Å². The molecule has 2 atom stereocenters. The molecule has 1 rings (SSSR count). The minimum atomic E-state index is -0.690. The van der Waals surface area contributed by atoms with Crippen LogP contribution >= 0.6 is 11.3 Å². The molecule has 0 aliphatic heterocycles. The number of ether oxygens (including phenoxy) is 1. The van der Waals surface area contributed by atoms with Crippen molar-refractivity contribution < 1.29 is 14.6 Å². The van der Waals surface area contributed by atoms with Crippen molar-refractivity contribution in [3.8, 4) is 0 Å². The van der Waals surface area contributed by atoms with Crippen LogP contribution in [0.4, 0.5) is 0 Å². The van der Waals surface area contributed by atoms with Gasteiger partial charge >= 0.3 is 0 Å². The van der Waals surface area contributed by atoms with Gasteiger partial charge in [0.15, 0.2) is 0 Å². The second-order valence-electron chi connectivity index (χ2n) is 3.82. The summed E-state index contributed by atoms with van der Waals surface area (Å²) in [5.74, 6) is -0.206. The zero-order chi connectivity index (χ0) is 12.8. The largest absolute Gasteiger partial charge is 0.389 e. The molecule has 0 saturated heterocycles. The third-order valence-electron chi connectivity index (χ3n) is 2.34. The van der Waals surface area contributed by atoms with Gasteiger partial charge < -0.3 is 20.5 Å². The van der Waals surface area contributed by atoms with Crippen molar-refractivity contribution in [2.24, 2.45) is 5.73 Å². The molecule has 1 aromatic heterocycles. The number of aliphatic hydroxyl groups is 1. The molecule has 0 aromatic carbocycles. The molecule has 1 aromatic rings. The molecule has 0 fully saturated rings. The highest BCUT2D eigenvalue weighted by molar-refractivity contribution is 7.10. The molecule has 1 amide bonds. The van der Waals surface area contributed by atoms with Gasteiger partial charge in [-0.25, -0.2) is 0 Å². The van der Waals surface area contributed by atoms with Crippen LogP contribution in [0.25, 0.3) is 0 Å². The fourth-order valence-electron chi connectivity index (χ4n) is 1.48. The number of amides is 1. The van der Waals surface area contributed by atoms with E-state index in [1.807, 2.05) is 17.5 Å². The van der Waals surface area contributed by atoms with Gasteiger partial charge in [0.1, 0.15) is 6.04 Å². The van der Waals surface area contributed by atoms with Gasteiger partial charge in [-0.1, -0.05) is 6.07 Å². The number of methoxy groups -OCH3 is 1. The molecule has 96 valence electrons. The Balaban J connectivity index is 2.52. The lowest BCUT2D eigenvalue weighted by Gasteiger charge is -2.23. The Morgan fingerprint density at radius 2 is 2.41 bits per heavy atom. The predicted molar refractivity (Wildman–Crippen MR) is 66.8 cm³/mol. The van der Waals surface area contributed by atoms with Crippen molar-refractivity contribution in [1.82, 2.24) is 4.90 Å². The Morgan fingerprint density at radius 3 is 2.94 bits per heavy atom. The van der Waals surface area contributed by atoms with Crippen molar-refractivity contribution in [2.45, 2.75) is 12.1 Å². The molecule has 0 bridgehead atoms. The quantitative estimate of drug-likeness (QED) is 0.765. The molecule has 17 heavy (non-hydrogen) atoms. The minimum Gasteiger partial charge on any atom is -0.389 e. The van der Waals surface area contributed by atoms with Crippen LogP contribution in [-0.4, -0.2) is 49.3 Å². The van der Waals surface area contributed by atoms with Gasteiger partial charge in [0, 0.05) is 25.6 Å². The van der Waals surface area contributed by atoms with Gasteiger partial charge in [-0.2, -0.15) is 0 Å². The molecule has 0 spiro atoms. The zero-order valence-electron chi connectivity index (χ0n) is 10.00. The highest BCUT2D eigenvalue weighted by atomic mass is 32.1. The smallest absolute Gasteiger partial charge is 0.244 e. The maximum absolute atomic E-state index is 11.9. The Bertz CT molecular complexity index is 342. The van der Waals surface area contributed by atoms with E-state index in [1.54, 1.807) is 7.05 Å². The summed E-state index contributed by atoms with van der Waals surface area (Å²) in [5, 5.41) is 11.4. The second-order valence-corrected chi connectivity index (χ2v) is 4.80. The van der Waals surface area contributed by atoms with Gasteiger partial charge in [-0.05, 0) is 11.4 Å². The number of carbonyl (C=O) groups is 1. The summed E-state index contributed by atoms with van der Waals surface area (Å²) in [6, 6.07) is 3.02. The van der Waals surface area contributed by atoms with Crippen molar-refractivity contribution in [2.75, 3.05) is 27.3 Å². The van der Waals surface area contributed by atoms with Crippen molar-refractivity contribution >= 4 is 17.2 Å². The van der Waals surface area contributed by atoms with E-state index in [1.165, 1.54) is 23.3 Å². The van der Waals surface area contributed by atoms with E-state index in [0.717, 1.165) is 4.88 Å². The van der Waals surface area contributed by atoms with Crippen LogP contribution in [0.1, 0.15) is 10.9 Å². The molecular formula is C11H18N2O3S. The first-order chi connectivity index (χ1) is 8.06. The molecule has 5 nitrogen and oxygen atoms in total. The number of nitrogens with zero attached hydrogens (tertiary/aromatic N) is 1. The number of nitrogens with two attached hydrogens (primary N) is 1. The normalized spacial score (nSPS) is 14.4. The first-order valence-corrected chi connectivity index (χ1v) is 6.15. The second kappa shape index (κ2) is 6.70. The zero-order valence-corrected chi connectivity index (χ0v) is 10.8. The topological polar surface area (TPSA) is 75.8 Å². The van der Waals surface area contributed by atoms with E-state index < -0.39 is 12.1 Å². The molecule has 0 aliphatic carbocycles. The average molecular weight is 258 g/mol. The number of rotatable bonds is 6. The molecule has 1 heterocycles. The number of hydrogen-bond donors (Lipinski definition) is 2. The molecular weight excluding hydrogens is 240 g/mol. The van der Waals surface area contributed by atoms with Crippen LogP contribution in [0.5, 0.6) is 0 Å². The summed E-state index contributed by atoms with van der Waals surface area (Å²) in [6.07, 6.45) is -0.690. The monoisotopic (exact) mass is 258 g/mol. The highest BCUT2D eigenvalue weighted by Crippen LogP contribution is 2.18. The third kappa shape index (κ3) is 4.08. The number of aliphatic hydroxyl groups excluding tert-OH is 1. The van der Waals surface area contributed by atoms with Crippen LogP contribution in [0.3, 0.4) is 0 Å².